The van der Waals surface area contributed by atoms with Crippen molar-refractivity contribution in [3.8, 4) is 11.5 Å². The molecule has 0 amide bonds. The van der Waals surface area contributed by atoms with Crippen molar-refractivity contribution >= 4 is 28.5 Å². The van der Waals surface area contributed by atoms with Crippen LogP contribution in [0.1, 0.15) is 27.2 Å². The number of aromatic nitrogens is 1. The van der Waals surface area contributed by atoms with Gasteiger partial charge in [0.25, 0.3) is 0 Å². The topological polar surface area (TPSA) is 82.5 Å². The zero-order valence-corrected chi connectivity index (χ0v) is 14.6. The van der Waals surface area contributed by atoms with Crippen LogP contribution >= 0.6 is 11.6 Å². The highest BCUT2D eigenvalue weighted by Gasteiger charge is 2.33. The maximum absolute atomic E-state index is 13.1. The molecule has 0 saturated carbocycles. The highest BCUT2D eigenvalue weighted by molar-refractivity contribution is 6.31. The second kappa shape index (κ2) is 6.70. The molecule has 3 rings (SSSR count). The SMILES string of the molecule is COc1c(C(=O)O)[nH]c2ccc(O)c(Cc3ccc(Cl)c(C(F)(F)F)c3)c12. The summed E-state index contributed by atoms with van der Waals surface area (Å²) in [7, 11) is 1.27. The summed E-state index contributed by atoms with van der Waals surface area (Å²) in [4.78, 5) is 14.1. The second-order valence-electron chi connectivity index (χ2n) is 5.81. The van der Waals surface area contributed by atoms with Crippen LogP contribution in [-0.4, -0.2) is 28.3 Å². The van der Waals surface area contributed by atoms with Gasteiger partial charge in [0.1, 0.15) is 5.75 Å². The Morgan fingerprint density at radius 1 is 1.26 bits per heavy atom. The van der Waals surface area contributed by atoms with Crippen molar-refractivity contribution in [2.45, 2.75) is 12.6 Å². The number of fused-ring (bicyclic) bond motifs is 1. The van der Waals surface area contributed by atoms with Crippen LogP contribution < -0.4 is 4.74 Å². The number of aromatic amines is 1. The average Bonchev–Trinajstić information content (AvgIpc) is 2.97. The van der Waals surface area contributed by atoms with E-state index in [-0.39, 0.29) is 34.7 Å². The van der Waals surface area contributed by atoms with Crippen molar-refractivity contribution < 1.29 is 32.9 Å². The molecule has 0 spiro atoms. The first kappa shape index (κ1) is 18.9. The molecule has 3 N–H and O–H groups in total. The Labute approximate surface area is 156 Å². The van der Waals surface area contributed by atoms with Crippen LogP contribution in [0.25, 0.3) is 10.9 Å². The Morgan fingerprint density at radius 2 is 1.96 bits per heavy atom. The van der Waals surface area contributed by atoms with Gasteiger partial charge in [0.05, 0.1) is 23.2 Å². The number of methoxy groups -OCH3 is 1. The van der Waals surface area contributed by atoms with Crippen LogP contribution in [0.5, 0.6) is 11.5 Å². The fourth-order valence-corrected chi connectivity index (χ4v) is 3.18. The number of rotatable bonds is 4. The summed E-state index contributed by atoms with van der Waals surface area (Å²) in [5, 5.41) is 19.4. The molecular weight excluding hydrogens is 387 g/mol. The quantitative estimate of drug-likeness (QED) is 0.586. The third-order valence-corrected chi connectivity index (χ3v) is 4.47. The minimum atomic E-state index is -4.62. The third-order valence-electron chi connectivity index (χ3n) is 4.14. The van der Waals surface area contributed by atoms with E-state index in [9.17, 15) is 28.2 Å². The molecule has 142 valence electrons. The Bertz CT molecular complexity index is 1040. The first-order valence-electron chi connectivity index (χ1n) is 7.63. The lowest BCUT2D eigenvalue weighted by atomic mass is 9.98. The number of carboxylic acids is 1. The molecule has 1 heterocycles. The standard InChI is InChI=1S/C18H13ClF3NO4/c1-27-16-14-9(13(24)5-4-12(14)23-15(16)17(25)26)6-8-2-3-11(19)10(7-8)18(20,21)22/h2-5,7,23-24H,6H2,1H3,(H,25,26). The predicted molar refractivity (Wildman–Crippen MR) is 92.7 cm³/mol. The van der Waals surface area contributed by atoms with Crippen molar-refractivity contribution in [1.29, 1.82) is 0 Å². The van der Waals surface area contributed by atoms with Crippen molar-refractivity contribution in [3.63, 3.8) is 0 Å². The molecule has 27 heavy (non-hydrogen) atoms. The molecule has 0 atom stereocenters. The molecule has 0 fully saturated rings. The molecule has 1 aromatic heterocycles. The number of ether oxygens (including phenoxy) is 1. The molecule has 0 bridgehead atoms. The highest BCUT2D eigenvalue weighted by atomic mass is 35.5. The van der Waals surface area contributed by atoms with Crippen LogP contribution in [0, 0.1) is 0 Å². The summed E-state index contributed by atoms with van der Waals surface area (Å²) < 4.78 is 44.4. The van der Waals surface area contributed by atoms with Crippen LogP contribution in [0.2, 0.25) is 5.02 Å². The minimum Gasteiger partial charge on any atom is -0.508 e. The molecule has 5 nitrogen and oxygen atoms in total. The number of alkyl halides is 3. The number of hydrogen-bond acceptors (Lipinski definition) is 3. The first-order chi connectivity index (χ1) is 12.6. The first-order valence-corrected chi connectivity index (χ1v) is 8.00. The maximum atomic E-state index is 13.1. The number of H-pyrrole nitrogens is 1. The monoisotopic (exact) mass is 399 g/mol. The van der Waals surface area contributed by atoms with Crippen LogP contribution in [0.15, 0.2) is 30.3 Å². The van der Waals surface area contributed by atoms with E-state index in [1.54, 1.807) is 0 Å². The number of phenolic OH excluding ortho intramolecular Hbond substituents is 1. The average molecular weight is 400 g/mol. The molecule has 0 unspecified atom stereocenters. The molecule has 0 aliphatic rings. The number of aromatic hydroxyl groups is 1. The fourth-order valence-electron chi connectivity index (χ4n) is 2.95. The molecule has 0 radical (unpaired) electrons. The van der Waals surface area contributed by atoms with E-state index < -0.39 is 22.7 Å². The molecule has 2 aromatic carbocycles. The van der Waals surface area contributed by atoms with E-state index in [1.807, 2.05) is 0 Å². The second-order valence-corrected chi connectivity index (χ2v) is 6.22. The number of benzene rings is 2. The molecule has 0 saturated heterocycles. The van der Waals surface area contributed by atoms with Crippen LogP contribution in [0.4, 0.5) is 13.2 Å². The lowest BCUT2D eigenvalue weighted by molar-refractivity contribution is -0.137. The molecular formula is C18H13ClF3NO4. The van der Waals surface area contributed by atoms with Gasteiger partial charge in [0.2, 0.25) is 0 Å². The molecule has 0 aliphatic heterocycles. The highest BCUT2D eigenvalue weighted by Crippen LogP contribution is 2.40. The number of phenols is 1. The fraction of sp³-hybridized carbons (Fsp3) is 0.167. The number of nitrogens with one attached hydrogen (secondary N) is 1. The van der Waals surface area contributed by atoms with E-state index in [0.717, 1.165) is 12.1 Å². The lowest BCUT2D eigenvalue weighted by Gasteiger charge is -2.13. The Kier molecular flexibility index (Phi) is 4.69. The van der Waals surface area contributed by atoms with Gasteiger partial charge in [-0.05, 0) is 29.8 Å². The Balaban J connectivity index is 2.18. The van der Waals surface area contributed by atoms with Gasteiger partial charge in [-0.2, -0.15) is 13.2 Å². The zero-order chi connectivity index (χ0) is 19.9. The normalized spacial score (nSPS) is 11.7. The predicted octanol–water partition coefficient (Wildman–Crippen LogP) is 4.84. The number of halogens is 4. The zero-order valence-electron chi connectivity index (χ0n) is 13.8. The number of aromatic carboxylic acids is 1. The van der Waals surface area contributed by atoms with E-state index in [1.165, 1.54) is 25.3 Å². The van der Waals surface area contributed by atoms with Crippen molar-refractivity contribution in [2.75, 3.05) is 7.11 Å². The number of hydrogen-bond donors (Lipinski definition) is 3. The molecule has 0 aliphatic carbocycles. The third kappa shape index (κ3) is 3.40. The Morgan fingerprint density at radius 3 is 2.56 bits per heavy atom. The summed E-state index contributed by atoms with van der Waals surface area (Å²) >= 11 is 5.64. The summed E-state index contributed by atoms with van der Waals surface area (Å²) in [5.74, 6) is -1.46. The van der Waals surface area contributed by atoms with Gasteiger partial charge in [-0.25, -0.2) is 4.79 Å². The van der Waals surface area contributed by atoms with Crippen LogP contribution in [-0.2, 0) is 12.6 Å². The van der Waals surface area contributed by atoms with E-state index in [0.29, 0.717) is 10.9 Å². The lowest BCUT2D eigenvalue weighted by Crippen LogP contribution is -2.07. The summed E-state index contributed by atoms with van der Waals surface area (Å²) in [6.45, 7) is 0. The largest absolute Gasteiger partial charge is 0.508 e. The van der Waals surface area contributed by atoms with Gasteiger partial charge in [-0.1, -0.05) is 17.7 Å². The van der Waals surface area contributed by atoms with E-state index in [4.69, 9.17) is 16.3 Å². The van der Waals surface area contributed by atoms with Crippen molar-refractivity contribution in [2.24, 2.45) is 0 Å². The van der Waals surface area contributed by atoms with Gasteiger partial charge in [0, 0.05) is 17.4 Å². The van der Waals surface area contributed by atoms with Gasteiger partial charge >= 0.3 is 12.1 Å². The maximum Gasteiger partial charge on any atom is 0.417 e. The van der Waals surface area contributed by atoms with Crippen LogP contribution in [0.3, 0.4) is 0 Å². The van der Waals surface area contributed by atoms with Crippen molar-refractivity contribution in [3.05, 3.63) is 57.7 Å². The number of carbonyl (C=O) groups is 1. The van der Waals surface area contributed by atoms with Gasteiger partial charge in [-0.3, -0.25) is 0 Å². The minimum absolute atomic E-state index is 0.00610. The van der Waals surface area contributed by atoms with Gasteiger partial charge in [0.15, 0.2) is 11.4 Å². The van der Waals surface area contributed by atoms with Gasteiger partial charge < -0.3 is 19.9 Å². The summed E-state index contributed by atoms with van der Waals surface area (Å²) in [6, 6.07) is 6.24. The summed E-state index contributed by atoms with van der Waals surface area (Å²) in [5.41, 5.74) is -0.340. The smallest absolute Gasteiger partial charge is 0.417 e. The van der Waals surface area contributed by atoms with Crippen molar-refractivity contribution in [1.82, 2.24) is 4.98 Å². The molecule has 3 aromatic rings. The summed E-state index contributed by atoms with van der Waals surface area (Å²) in [6.07, 6.45) is -4.71. The van der Waals surface area contributed by atoms with E-state index in [2.05, 4.69) is 4.98 Å². The van der Waals surface area contributed by atoms with Gasteiger partial charge in [-0.15, -0.1) is 0 Å². The number of carboxylic acid groups (broad SMARTS) is 1. The Hall–Kier alpha value is -2.87. The van der Waals surface area contributed by atoms with E-state index >= 15 is 0 Å². The molecule has 9 heteroatoms.